The Hall–Kier alpha value is 0. The van der Waals surface area contributed by atoms with E-state index in [-0.39, 0.29) is 0 Å². The lowest BCUT2D eigenvalue weighted by Gasteiger charge is -2.36. The van der Waals surface area contributed by atoms with E-state index in [4.69, 9.17) is 0 Å². The van der Waals surface area contributed by atoms with Crippen molar-refractivity contribution in [1.82, 2.24) is 0 Å². The van der Waals surface area contributed by atoms with Gasteiger partial charge in [0.1, 0.15) is 0 Å². The van der Waals surface area contributed by atoms with E-state index in [0.717, 1.165) is 11.8 Å². The highest BCUT2D eigenvalue weighted by Crippen LogP contribution is 2.42. The Morgan fingerprint density at radius 1 is 0.591 bits per heavy atom. The molecule has 0 aliphatic carbocycles. The van der Waals surface area contributed by atoms with Gasteiger partial charge in [-0.2, -0.15) is 0 Å². The summed E-state index contributed by atoms with van der Waals surface area (Å²) in [4.78, 5) is 0. The van der Waals surface area contributed by atoms with Crippen LogP contribution in [0.15, 0.2) is 0 Å². The van der Waals surface area contributed by atoms with Crippen molar-refractivity contribution in [3.05, 3.63) is 0 Å². The molecular weight excluding hydrogens is 264 g/mol. The summed E-state index contributed by atoms with van der Waals surface area (Å²) in [6, 6.07) is 0. The fourth-order valence-corrected chi connectivity index (χ4v) is 3.76. The Morgan fingerprint density at radius 3 is 1.41 bits per heavy atom. The van der Waals surface area contributed by atoms with Crippen molar-refractivity contribution in [2.75, 3.05) is 0 Å². The summed E-state index contributed by atoms with van der Waals surface area (Å²) >= 11 is 0. The highest BCUT2D eigenvalue weighted by molar-refractivity contribution is 4.80. The molecule has 0 bridgehead atoms. The highest BCUT2D eigenvalue weighted by Gasteiger charge is 2.28. The largest absolute Gasteiger partial charge is 0.0683 e. The SMILES string of the molecule is CC.CCCC(C)CCC(CCC)(CCC)CCC(C)CC. The maximum absolute atomic E-state index is 2.46. The van der Waals surface area contributed by atoms with Crippen molar-refractivity contribution >= 4 is 0 Å². The van der Waals surface area contributed by atoms with E-state index in [2.05, 4.69) is 41.5 Å². The monoisotopic (exact) mass is 312 g/mol. The lowest BCUT2D eigenvalue weighted by molar-refractivity contribution is 0.163. The van der Waals surface area contributed by atoms with Crippen molar-refractivity contribution < 1.29 is 0 Å². The first-order chi connectivity index (χ1) is 10.5. The van der Waals surface area contributed by atoms with Crippen molar-refractivity contribution in [3.63, 3.8) is 0 Å². The molecule has 0 aromatic heterocycles. The van der Waals surface area contributed by atoms with Crippen LogP contribution >= 0.6 is 0 Å². The molecule has 0 heterocycles. The third-order valence-electron chi connectivity index (χ3n) is 5.37. The average Bonchev–Trinajstić information content (AvgIpc) is 2.53. The van der Waals surface area contributed by atoms with Gasteiger partial charge < -0.3 is 0 Å². The van der Waals surface area contributed by atoms with E-state index in [1.54, 1.807) is 0 Å². The molecule has 0 amide bonds. The molecule has 0 aromatic rings. The Kier molecular flexibility index (Phi) is 17.5. The van der Waals surface area contributed by atoms with Crippen LogP contribution in [0.25, 0.3) is 0 Å². The molecule has 0 spiro atoms. The molecule has 0 aliphatic rings. The second kappa shape index (κ2) is 15.9. The minimum atomic E-state index is 0.662. The fourth-order valence-electron chi connectivity index (χ4n) is 3.76. The summed E-state index contributed by atoms with van der Waals surface area (Å²) in [6.45, 7) is 18.3. The van der Waals surface area contributed by atoms with Gasteiger partial charge in [-0.15, -0.1) is 0 Å². The molecule has 0 rings (SSSR count). The lowest BCUT2D eigenvalue weighted by Crippen LogP contribution is -2.22. The number of hydrogen-bond acceptors (Lipinski definition) is 0. The molecule has 0 saturated heterocycles. The quantitative estimate of drug-likeness (QED) is 0.319. The van der Waals surface area contributed by atoms with Crippen LogP contribution in [0.2, 0.25) is 0 Å². The van der Waals surface area contributed by atoms with Crippen LogP contribution in [0.5, 0.6) is 0 Å². The minimum Gasteiger partial charge on any atom is -0.0683 e. The molecular formula is C22H48. The first-order valence-electron chi connectivity index (χ1n) is 10.5. The Morgan fingerprint density at radius 2 is 1.05 bits per heavy atom. The third kappa shape index (κ3) is 11.6. The van der Waals surface area contributed by atoms with Gasteiger partial charge in [0.05, 0.1) is 0 Å². The minimum absolute atomic E-state index is 0.662. The molecule has 0 heteroatoms. The smallest absolute Gasteiger partial charge is 0.0297 e. The molecule has 0 aromatic carbocycles. The molecule has 136 valence electrons. The van der Waals surface area contributed by atoms with Gasteiger partial charge in [-0.05, 0) is 42.9 Å². The molecule has 0 aliphatic heterocycles. The zero-order valence-electron chi connectivity index (χ0n) is 17.4. The first kappa shape index (κ1) is 24.3. The van der Waals surface area contributed by atoms with Gasteiger partial charge in [-0.25, -0.2) is 0 Å². The van der Waals surface area contributed by atoms with Gasteiger partial charge in [-0.3, -0.25) is 0 Å². The highest BCUT2D eigenvalue weighted by atomic mass is 14.3. The van der Waals surface area contributed by atoms with Crippen LogP contribution in [0.1, 0.15) is 126 Å². The summed E-state index contributed by atoms with van der Waals surface area (Å²) in [5, 5.41) is 0. The summed E-state index contributed by atoms with van der Waals surface area (Å²) < 4.78 is 0. The van der Waals surface area contributed by atoms with Crippen LogP contribution < -0.4 is 0 Å². The Bertz CT molecular complexity index is 200. The van der Waals surface area contributed by atoms with Crippen LogP contribution in [0.4, 0.5) is 0 Å². The van der Waals surface area contributed by atoms with E-state index >= 15 is 0 Å². The van der Waals surface area contributed by atoms with E-state index in [0.29, 0.717) is 5.41 Å². The van der Waals surface area contributed by atoms with E-state index in [9.17, 15) is 0 Å². The van der Waals surface area contributed by atoms with Crippen molar-refractivity contribution in [1.29, 1.82) is 0 Å². The zero-order valence-corrected chi connectivity index (χ0v) is 17.4. The number of hydrogen-bond donors (Lipinski definition) is 0. The molecule has 2 unspecified atom stereocenters. The average molecular weight is 313 g/mol. The summed E-state index contributed by atoms with van der Waals surface area (Å²) in [7, 11) is 0. The first-order valence-corrected chi connectivity index (χ1v) is 10.5. The second-order valence-corrected chi connectivity index (χ2v) is 7.48. The van der Waals surface area contributed by atoms with Crippen molar-refractivity contribution in [3.8, 4) is 0 Å². The number of rotatable bonds is 13. The molecule has 0 nitrogen and oxygen atoms in total. The topological polar surface area (TPSA) is 0 Å². The van der Waals surface area contributed by atoms with Crippen LogP contribution in [-0.4, -0.2) is 0 Å². The second-order valence-electron chi connectivity index (χ2n) is 7.48. The van der Waals surface area contributed by atoms with E-state index < -0.39 is 0 Å². The van der Waals surface area contributed by atoms with Crippen LogP contribution in [-0.2, 0) is 0 Å². The van der Waals surface area contributed by atoms with Crippen LogP contribution in [0, 0.1) is 17.3 Å². The fraction of sp³-hybridized carbons (Fsp3) is 1.00. The molecule has 0 saturated carbocycles. The van der Waals surface area contributed by atoms with Gasteiger partial charge in [0.2, 0.25) is 0 Å². The summed E-state index contributed by atoms with van der Waals surface area (Å²) in [6.07, 6.45) is 15.6. The molecule has 0 N–H and O–H groups in total. The van der Waals surface area contributed by atoms with Gasteiger partial charge in [0, 0.05) is 0 Å². The maximum atomic E-state index is 2.46. The normalized spacial score (nSPS) is 14.2. The Balaban J connectivity index is 0. The van der Waals surface area contributed by atoms with E-state index in [1.165, 1.54) is 70.6 Å². The van der Waals surface area contributed by atoms with E-state index in [1.807, 2.05) is 13.8 Å². The molecule has 22 heavy (non-hydrogen) atoms. The van der Waals surface area contributed by atoms with Crippen LogP contribution in [0.3, 0.4) is 0 Å². The lowest BCUT2D eigenvalue weighted by atomic mass is 9.70. The zero-order chi connectivity index (χ0) is 17.4. The third-order valence-corrected chi connectivity index (χ3v) is 5.37. The van der Waals surface area contributed by atoms with Gasteiger partial charge in [0.25, 0.3) is 0 Å². The molecule has 2 atom stereocenters. The maximum Gasteiger partial charge on any atom is -0.0297 e. The standard InChI is InChI=1S/C20H42.C2H6/c1-7-11-19(6)13-17-20(14-8-2,15-9-3)16-12-18(5)10-4;1-2/h18-19H,7-17H2,1-6H3;1-2H3. The van der Waals surface area contributed by atoms with Gasteiger partial charge >= 0.3 is 0 Å². The van der Waals surface area contributed by atoms with Gasteiger partial charge in [0.15, 0.2) is 0 Å². The predicted octanol–water partition coefficient (Wildman–Crippen LogP) is 8.64. The van der Waals surface area contributed by atoms with Crippen molar-refractivity contribution in [2.45, 2.75) is 126 Å². The Labute approximate surface area is 143 Å². The molecule has 0 radical (unpaired) electrons. The van der Waals surface area contributed by atoms with Gasteiger partial charge in [-0.1, -0.05) is 100 Å². The molecule has 0 fully saturated rings. The predicted molar refractivity (Wildman–Crippen MR) is 106 cm³/mol. The van der Waals surface area contributed by atoms with Crippen molar-refractivity contribution in [2.24, 2.45) is 17.3 Å². The summed E-state index contributed by atoms with van der Waals surface area (Å²) in [5.41, 5.74) is 0.662. The summed E-state index contributed by atoms with van der Waals surface area (Å²) in [5.74, 6) is 1.84.